The topological polar surface area (TPSA) is 87.9 Å². The number of amides is 2. The first-order chi connectivity index (χ1) is 13.0. The molecule has 1 N–H and O–H groups in total. The Labute approximate surface area is 158 Å². The molecule has 2 aromatic rings. The third-order valence-electron chi connectivity index (χ3n) is 4.36. The molecule has 1 aliphatic rings. The largest absolute Gasteiger partial charge is 0.378 e. The van der Waals surface area contributed by atoms with Crippen molar-refractivity contribution in [3.63, 3.8) is 0 Å². The molecule has 0 atom stereocenters. The Kier molecular flexibility index (Phi) is 6.08. The lowest BCUT2D eigenvalue weighted by Gasteiger charge is -2.33. The van der Waals surface area contributed by atoms with E-state index >= 15 is 0 Å². The highest BCUT2D eigenvalue weighted by molar-refractivity contribution is 5.97. The Morgan fingerprint density at radius 3 is 2.67 bits per heavy atom. The van der Waals surface area contributed by atoms with Crippen molar-refractivity contribution in [1.82, 2.24) is 5.16 Å². The summed E-state index contributed by atoms with van der Waals surface area (Å²) in [7, 11) is 0. The quantitative estimate of drug-likeness (QED) is 0.836. The van der Waals surface area contributed by atoms with Crippen molar-refractivity contribution < 1.29 is 18.8 Å². The minimum atomic E-state index is -0.224. The second kappa shape index (κ2) is 8.68. The fourth-order valence-corrected chi connectivity index (χ4v) is 3.06. The van der Waals surface area contributed by atoms with E-state index in [9.17, 15) is 9.59 Å². The number of ether oxygens (including phenoxy) is 1. The number of para-hydroxylation sites is 2. The van der Waals surface area contributed by atoms with Gasteiger partial charge in [-0.1, -0.05) is 17.3 Å². The zero-order valence-electron chi connectivity index (χ0n) is 15.6. The van der Waals surface area contributed by atoms with E-state index in [2.05, 4.69) is 15.4 Å². The van der Waals surface area contributed by atoms with Crippen LogP contribution in [0.4, 0.5) is 17.2 Å². The normalized spacial score (nSPS) is 14.1. The first kappa shape index (κ1) is 18.9. The highest BCUT2D eigenvalue weighted by Crippen LogP contribution is 2.30. The number of rotatable bonds is 6. The van der Waals surface area contributed by atoms with Crippen LogP contribution in [-0.4, -0.2) is 49.8 Å². The van der Waals surface area contributed by atoms with E-state index in [0.29, 0.717) is 24.8 Å². The molecule has 2 amide bonds. The van der Waals surface area contributed by atoms with Crippen LogP contribution in [0.15, 0.2) is 34.9 Å². The standard InChI is InChI=1S/C19H24N4O4/c1-14-13-18(21-27-14)20-19(25)7-8-23(15(2)24)17-6-4-3-5-16(17)22-9-11-26-12-10-22/h3-6,13H,7-12H2,1-2H3,(H,20,21,25). The molecule has 144 valence electrons. The number of hydrogen-bond acceptors (Lipinski definition) is 6. The summed E-state index contributed by atoms with van der Waals surface area (Å²) in [5.74, 6) is 0.662. The number of morpholine rings is 1. The molecule has 1 fully saturated rings. The van der Waals surface area contributed by atoms with Gasteiger partial charge in [-0.25, -0.2) is 0 Å². The van der Waals surface area contributed by atoms with Crippen molar-refractivity contribution in [2.75, 3.05) is 48.0 Å². The summed E-state index contributed by atoms with van der Waals surface area (Å²) >= 11 is 0. The van der Waals surface area contributed by atoms with Gasteiger partial charge in [-0.3, -0.25) is 9.59 Å². The molecule has 0 bridgehead atoms. The van der Waals surface area contributed by atoms with Gasteiger partial charge >= 0.3 is 0 Å². The number of hydrogen-bond donors (Lipinski definition) is 1. The third kappa shape index (κ3) is 4.85. The van der Waals surface area contributed by atoms with Crippen molar-refractivity contribution in [2.24, 2.45) is 0 Å². The van der Waals surface area contributed by atoms with Gasteiger partial charge in [0.25, 0.3) is 0 Å². The molecule has 0 saturated carbocycles. The summed E-state index contributed by atoms with van der Waals surface area (Å²) in [5.41, 5.74) is 1.78. The van der Waals surface area contributed by atoms with Crippen molar-refractivity contribution in [1.29, 1.82) is 0 Å². The zero-order valence-corrected chi connectivity index (χ0v) is 15.6. The summed E-state index contributed by atoms with van der Waals surface area (Å²) in [6.07, 6.45) is 0.156. The maximum Gasteiger partial charge on any atom is 0.227 e. The highest BCUT2D eigenvalue weighted by Gasteiger charge is 2.21. The molecule has 1 saturated heterocycles. The van der Waals surface area contributed by atoms with Gasteiger partial charge in [0.1, 0.15) is 5.76 Å². The van der Waals surface area contributed by atoms with Gasteiger partial charge in [-0.05, 0) is 19.1 Å². The second-order valence-corrected chi connectivity index (χ2v) is 6.38. The predicted octanol–water partition coefficient (Wildman–Crippen LogP) is 2.20. The van der Waals surface area contributed by atoms with Gasteiger partial charge in [-0.15, -0.1) is 0 Å². The first-order valence-electron chi connectivity index (χ1n) is 8.97. The number of aromatic nitrogens is 1. The minimum absolute atomic E-state index is 0.110. The molecule has 0 radical (unpaired) electrons. The van der Waals surface area contributed by atoms with Crippen molar-refractivity contribution >= 4 is 29.0 Å². The van der Waals surface area contributed by atoms with Gasteiger partial charge in [0.05, 0.1) is 24.6 Å². The van der Waals surface area contributed by atoms with Gasteiger partial charge in [0, 0.05) is 39.0 Å². The molecule has 8 heteroatoms. The average Bonchev–Trinajstić information content (AvgIpc) is 3.07. The molecule has 0 unspecified atom stereocenters. The van der Waals surface area contributed by atoms with Crippen LogP contribution < -0.4 is 15.1 Å². The number of anilines is 3. The van der Waals surface area contributed by atoms with Crippen molar-refractivity contribution in [3.05, 3.63) is 36.1 Å². The second-order valence-electron chi connectivity index (χ2n) is 6.38. The summed E-state index contributed by atoms with van der Waals surface area (Å²) in [6.45, 7) is 6.41. The van der Waals surface area contributed by atoms with Crippen LogP contribution in [0.25, 0.3) is 0 Å². The molecule has 0 aliphatic carbocycles. The van der Waals surface area contributed by atoms with E-state index in [1.165, 1.54) is 6.92 Å². The number of aryl methyl sites for hydroxylation is 1. The van der Waals surface area contributed by atoms with Crippen molar-refractivity contribution in [3.8, 4) is 0 Å². The van der Waals surface area contributed by atoms with Crippen LogP contribution in [0.5, 0.6) is 0 Å². The maximum atomic E-state index is 12.3. The van der Waals surface area contributed by atoms with Crippen LogP contribution >= 0.6 is 0 Å². The third-order valence-corrected chi connectivity index (χ3v) is 4.36. The summed E-state index contributed by atoms with van der Waals surface area (Å²) in [4.78, 5) is 28.3. The lowest BCUT2D eigenvalue weighted by Crippen LogP contribution is -2.39. The molecule has 8 nitrogen and oxygen atoms in total. The van der Waals surface area contributed by atoms with E-state index in [-0.39, 0.29) is 24.8 Å². The summed E-state index contributed by atoms with van der Waals surface area (Å²) in [5, 5.41) is 6.42. The minimum Gasteiger partial charge on any atom is -0.378 e. The van der Waals surface area contributed by atoms with Gasteiger partial charge in [-0.2, -0.15) is 0 Å². The number of benzene rings is 1. The summed E-state index contributed by atoms with van der Waals surface area (Å²) < 4.78 is 10.4. The lowest BCUT2D eigenvalue weighted by atomic mass is 10.2. The molecular weight excluding hydrogens is 348 g/mol. The molecular formula is C19H24N4O4. The van der Waals surface area contributed by atoms with Crippen LogP contribution in [0.2, 0.25) is 0 Å². The first-order valence-corrected chi connectivity index (χ1v) is 8.97. The Morgan fingerprint density at radius 1 is 1.26 bits per heavy atom. The number of nitrogens with one attached hydrogen (secondary N) is 1. The lowest BCUT2D eigenvalue weighted by molar-refractivity contribution is -0.117. The highest BCUT2D eigenvalue weighted by atomic mass is 16.5. The molecule has 1 aliphatic heterocycles. The van der Waals surface area contributed by atoms with E-state index in [1.807, 2.05) is 24.3 Å². The fourth-order valence-electron chi connectivity index (χ4n) is 3.06. The van der Waals surface area contributed by atoms with E-state index in [1.54, 1.807) is 17.9 Å². The van der Waals surface area contributed by atoms with E-state index < -0.39 is 0 Å². The van der Waals surface area contributed by atoms with Gasteiger partial charge < -0.3 is 24.4 Å². The SMILES string of the molecule is CC(=O)N(CCC(=O)Nc1cc(C)on1)c1ccccc1N1CCOCC1. The zero-order chi connectivity index (χ0) is 19.2. The maximum absolute atomic E-state index is 12.3. The monoisotopic (exact) mass is 372 g/mol. The van der Waals surface area contributed by atoms with E-state index in [4.69, 9.17) is 9.26 Å². The molecule has 2 heterocycles. The van der Waals surface area contributed by atoms with Crippen LogP contribution in [0, 0.1) is 6.92 Å². The van der Waals surface area contributed by atoms with Crippen LogP contribution in [0.3, 0.4) is 0 Å². The smallest absolute Gasteiger partial charge is 0.227 e. The molecule has 0 spiro atoms. The Morgan fingerprint density at radius 2 is 2.00 bits per heavy atom. The average molecular weight is 372 g/mol. The Hall–Kier alpha value is -2.87. The predicted molar refractivity (Wildman–Crippen MR) is 102 cm³/mol. The van der Waals surface area contributed by atoms with Crippen molar-refractivity contribution in [2.45, 2.75) is 20.3 Å². The fraction of sp³-hybridized carbons (Fsp3) is 0.421. The molecule has 1 aromatic carbocycles. The molecule has 3 rings (SSSR count). The number of carbonyl (C=O) groups is 2. The van der Waals surface area contributed by atoms with Crippen LogP contribution in [0.1, 0.15) is 19.1 Å². The van der Waals surface area contributed by atoms with Gasteiger partial charge in [0.2, 0.25) is 11.8 Å². The molecule has 27 heavy (non-hydrogen) atoms. The van der Waals surface area contributed by atoms with Crippen LogP contribution in [-0.2, 0) is 14.3 Å². The number of nitrogens with zero attached hydrogens (tertiary/aromatic N) is 3. The van der Waals surface area contributed by atoms with E-state index in [0.717, 1.165) is 24.5 Å². The number of carbonyl (C=O) groups excluding carboxylic acids is 2. The Bertz CT molecular complexity index is 799. The summed E-state index contributed by atoms with van der Waals surface area (Å²) in [6, 6.07) is 9.40. The van der Waals surface area contributed by atoms with Gasteiger partial charge in [0.15, 0.2) is 5.82 Å². The molecule has 1 aromatic heterocycles. The Balaban J connectivity index is 1.70.